The molecule has 4 nitrogen and oxygen atoms in total. The molecule has 1 heterocycles. The Morgan fingerprint density at radius 1 is 1.39 bits per heavy atom. The van der Waals surface area contributed by atoms with Gasteiger partial charge in [0, 0.05) is 12.1 Å². The maximum atomic E-state index is 12.2. The Labute approximate surface area is 106 Å². The molecular formula is C14H16NO3-. The minimum absolute atomic E-state index is 0.199. The third-order valence-corrected chi connectivity index (χ3v) is 3.19. The van der Waals surface area contributed by atoms with Crippen LogP contribution < -0.4 is 5.11 Å². The molecule has 4 heteroatoms. The SMILES string of the molecule is CC(C)C[C@H](C(=O)[O-])N1Cc2ccccc2C1=O. The standard InChI is InChI=1S/C14H17NO3/c1-9(2)7-12(14(17)18)15-8-10-5-3-4-6-11(10)13(15)16/h3-6,9,12H,7-8H2,1-2H3,(H,17,18)/p-1/t12-/m1/s1. The molecule has 2 rings (SSSR count). The molecule has 1 aliphatic rings. The Balaban J connectivity index is 2.25. The second-order valence-corrected chi connectivity index (χ2v) is 5.05. The van der Waals surface area contributed by atoms with E-state index in [1.807, 2.05) is 26.0 Å². The van der Waals surface area contributed by atoms with Crippen LogP contribution in [0.1, 0.15) is 36.2 Å². The summed E-state index contributed by atoms with van der Waals surface area (Å²) in [5, 5.41) is 11.2. The van der Waals surface area contributed by atoms with Gasteiger partial charge < -0.3 is 14.8 Å². The zero-order valence-corrected chi connectivity index (χ0v) is 10.6. The normalized spacial score (nSPS) is 15.9. The zero-order chi connectivity index (χ0) is 13.3. The first-order chi connectivity index (χ1) is 8.50. The highest BCUT2D eigenvalue weighted by Gasteiger charge is 2.33. The lowest BCUT2D eigenvalue weighted by Gasteiger charge is -2.29. The van der Waals surface area contributed by atoms with Crippen LogP contribution in [-0.2, 0) is 11.3 Å². The van der Waals surface area contributed by atoms with Crippen LogP contribution in [0.4, 0.5) is 0 Å². The fraction of sp³-hybridized carbons (Fsp3) is 0.429. The van der Waals surface area contributed by atoms with Gasteiger partial charge in [-0.3, -0.25) is 4.79 Å². The summed E-state index contributed by atoms with van der Waals surface area (Å²) in [6.07, 6.45) is 0.419. The van der Waals surface area contributed by atoms with Crippen molar-refractivity contribution in [1.82, 2.24) is 4.90 Å². The van der Waals surface area contributed by atoms with Crippen molar-refractivity contribution in [3.63, 3.8) is 0 Å². The maximum Gasteiger partial charge on any atom is 0.255 e. The average molecular weight is 246 g/mol. The summed E-state index contributed by atoms with van der Waals surface area (Å²) >= 11 is 0. The van der Waals surface area contributed by atoms with Gasteiger partial charge in [-0.1, -0.05) is 32.0 Å². The topological polar surface area (TPSA) is 60.4 Å². The molecule has 1 aromatic carbocycles. The Morgan fingerprint density at radius 2 is 2.06 bits per heavy atom. The fourth-order valence-corrected chi connectivity index (χ4v) is 2.33. The van der Waals surface area contributed by atoms with Crippen LogP contribution in [0.25, 0.3) is 0 Å². The molecule has 1 aromatic rings. The summed E-state index contributed by atoms with van der Waals surface area (Å²) in [5.41, 5.74) is 1.49. The summed E-state index contributed by atoms with van der Waals surface area (Å²) in [5.74, 6) is -1.19. The molecule has 0 fully saturated rings. The van der Waals surface area contributed by atoms with E-state index in [2.05, 4.69) is 0 Å². The van der Waals surface area contributed by atoms with Gasteiger partial charge in [-0.2, -0.15) is 0 Å². The second kappa shape index (κ2) is 4.80. The van der Waals surface area contributed by atoms with Gasteiger partial charge >= 0.3 is 0 Å². The van der Waals surface area contributed by atoms with Crippen LogP contribution in [0.3, 0.4) is 0 Å². The van der Waals surface area contributed by atoms with E-state index >= 15 is 0 Å². The monoisotopic (exact) mass is 246 g/mol. The predicted molar refractivity (Wildman–Crippen MR) is 64.6 cm³/mol. The van der Waals surface area contributed by atoms with Gasteiger partial charge in [-0.25, -0.2) is 0 Å². The number of nitrogens with zero attached hydrogens (tertiary/aromatic N) is 1. The number of carbonyl (C=O) groups is 2. The first-order valence-corrected chi connectivity index (χ1v) is 6.10. The summed E-state index contributed by atoms with van der Waals surface area (Å²) in [6, 6.07) is 6.39. The lowest BCUT2D eigenvalue weighted by atomic mass is 10.0. The van der Waals surface area contributed by atoms with Crippen molar-refractivity contribution in [3.8, 4) is 0 Å². The molecule has 0 spiro atoms. The number of carboxylic acids is 1. The molecule has 0 N–H and O–H groups in total. The van der Waals surface area contributed by atoms with Gasteiger partial charge in [-0.05, 0) is 24.0 Å². The molecule has 96 valence electrons. The number of rotatable bonds is 4. The van der Waals surface area contributed by atoms with Crippen LogP contribution in [0.15, 0.2) is 24.3 Å². The largest absolute Gasteiger partial charge is 0.548 e. The highest BCUT2D eigenvalue weighted by molar-refractivity contribution is 6.00. The van der Waals surface area contributed by atoms with E-state index in [0.717, 1.165) is 5.56 Å². The molecule has 0 saturated carbocycles. The number of aliphatic carboxylic acids is 1. The van der Waals surface area contributed by atoms with Crippen molar-refractivity contribution < 1.29 is 14.7 Å². The Bertz CT molecular complexity index is 482. The van der Waals surface area contributed by atoms with Crippen LogP contribution in [0.2, 0.25) is 0 Å². The van der Waals surface area contributed by atoms with Gasteiger partial charge in [0.15, 0.2) is 0 Å². The van der Waals surface area contributed by atoms with Gasteiger partial charge in [-0.15, -0.1) is 0 Å². The fourth-order valence-electron chi connectivity index (χ4n) is 2.33. The quantitative estimate of drug-likeness (QED) is 0.789. The van der Waals surface area contributed by atoms with Crippen molar-refractivity contribution in [3.05, 3.63) is 35.4 Å². The lowest BCUT2D eigenvalue weighted by molar-refractivity contribution is -0.311. The van der Waals surface area contributed by atoms with E-state index in [1.165, 1.54) is 4.90 Å². The van der Waals surface area contributed by atoms with E-state index in [1.54, 1.807) is 12.1 Å². The van der Waals surface area contributed by atoms with Gasteiger partial charge in [0.05, 0.1) is 12.0 Å². The zero-order valence-electron chi connectivity index (χ0n) is 10.6. The van der Waals surface area contributed by atoms with Crippen LogP contribution >= 0.6 is 0 Å². The third kappa shape index (κ3) is 2.23. The summed E-state index contributed by atoms with van der Waals surface area (Å²) in [4.78, 5) is 24.8. The number of amides is 1. The van der Waals surface area contributed by atoms with Crippen molar-refractivity contribution in [2.45, 2.75) is 32.9 Å². The van der Waals surface area contributed by atoms with Gasteiger partial charge in [0.1, 0.15) is 0 Å². The number of fused-ring (bicyclic) bond motifs is 1. The molecule has 0 unspecified atom stereocenters. The highest BCUT2D eigenvalue weighted by atomic mass is 16.4. The maximum absolute atomic E-state index is 12.2. The number of carbonyl (C=O) groups excluding carboxylic acids is 2. The molecule has 1 aliphatic heterocycles. The predicted octanol–water partition coefficient (Wildman–Crippen LogP) is 0.807. The molecule has 0 radical (unpaired) electrons. The Morgan fingerprint density at radius 3 is 2.61 bits per heavy atom. The van der Waals surface area contributed by atoms with Crippen molar-refractivity contribution >= 4 is 11.9 Å². The molecule has 0 saturated heterocycles. The molecule has 18 heavy (non-hydrogen) atoms. The summed E-state index contributed by atoms with van der Waals surface area (Å²) in [7, 11) is 0. The van der Waals surface area contributed by atoms with Crippen LogP contribution in [-0.4, -0.2) is 22.8 Å². The van der Waals surface area contributed by atoms with E-state index < -0.39 is 12.0 Å². The molecule has 1 amide bonds. The number of hydrogen-bond donors (Lipinski definition) is 0. The first-order valence-electron chi connectivity index (χ1n) is 6.10. The van der Waals surface area contributed by atoms with Gasteiger partial charge in [0.25, 0.3) is 5.91 Å². The molecular weight excluding hydrogens is 230 g/mol. The smallest absolute Gasteiger partial charge is 0.255 e. The van der Waals surface area contributed by atoms with Crippen LogP contribution in [0, 0.1) is 5.92 Å². The molecule has 0 aromatic heterocycles. The highest BCUT2D eigenvalue weighted by Crippen LogP contribution is 2.26. The van der Waals surface area contributed by atoms with Crippen molar-refractivity contribution in [2.24, 2.45) is 5.92 Å². The van der Waals surface area contributed by atoms with Crippen molar-refractivity contribution in [2.75, 3.05) is 0 Å². The molecule has 1 atom stereocenters. The van der Waals surface area contributed by atoms with E-state index in [9.17, 15) is 14.7 Å². The van der Waals surface area contributed by atoms with Gasteiger partial charge in [0.2, 0.25) is 0 Å². The number of hydrogen-bond acceptors (Lipinski definition) is 3. The average Bonchev–Trinajstić information content (AvgIpc) is 2.64. The second-order valence-electron chi connectivity index (χ2n) is 5.05. The number of carboxylic acid groups (broad SMARTS) is 1. The third-order valence-electron chi connectivity index (χ3n) is 3.19. The van der Waals surface area contributed by atoms with E-state index in [0.29, 0.717) is 18.5 Å². The summed E-state index contributed by atoms with van der Waals surface area (Å²) < 4.78 is 0. The molecule has 0 aliphatic carbocycles. The van der Waals surface area contributed by atoms with Crippen LogP contribution in [0.5, 0.6) is 0 Å². The minimum Gasteiger partial charge on any atom is -0.548 e. The Hall–Kier alpha value is -1.84. The lowest BCUT2D eigenvalue weighted by Crippen LogP contribution is -2.48. The Kier molecular flexibility index (Phi) is 3.36. The van der Waals surface area contributed by atoms with E-state index in [-0.39, 0.29) is 11.8 Å². The first kappa shape index (κ1) is 12.6. The molecule has 0 bridgehead atoms. The summed E-state index contributed by atoms with van der Waals surface area (Å²) in [6.45, 7) is 4.23. The number of benzene rings is 1. The van der Waals surface area contributed by atoms with E-state index in [4.69, 9.17) is 0 Å². The van der Waals surface area contributed by atoms with Crippen molar-refractivity contribution in [1.29, 1.82) is 0 Å². The minimum atomic E-state index is -1.18.